The summed E-state index contributed by atoms with van der Waals surface area (Å²) in [5.74, 6) is -2.71. The predicted molar refractivity (Wildman–Crippen MR) is 81.1 cm³/mol. The van der Waals surface area contributed by atoms with Gasteiger partial charge in [0.05, 0.1) is 18.7 Å². The molecule has 5 heteroatoms. The van der Waals surface area contributed by atoms with Crippen LogP contribution in [0.2, 0.25) is 0 Å². The van der Waals surface area contributed by atoms with Crippen molar-refractivity contribution < 1.29 is 9.59 Å². The lowest BCUT2D eigenvalue weighted by Crippen LogP contribution is -2.58. The quantitative estimate of drug-likeness (QED) is 0.785. The van der Waals surface area contributed by atoms with E-state index >= 15 is 0 Å². The summed E-state index contributed by atoms with van der Waals surface area (Å²) in [5, 5.41) is 19.1. The molecule has 2 fully saturated rings. The molecule has 3 rings (SSSR count). The van der Waals surface area contributed by atoms with Crippen molar-refractivity contribution in [1.82, 2.24) is 4.90 Å². The molecule has 1 aliphatic heterocycles. The minimum atomic E-state index is -0.906. The summed E-state index contributed by atoms with van der Waals surface area (Å²) in [6.07, 6.45) is 2.91. The van der Waals surface area contributed by atoms with Crippen LogP contribution in [0.3, 0.4) is 0 Å². The lowest BCUT2D eigenvalue weighted by Gasteiger charge is -2.43. The zero-order valence-electron chi connectivity index (χ0n) is 12.7. The molecule has 1 heterocycles. The van der Waals surface area contributed by atoms with E-state index in [0.717, 1.165) is 23.3 Å². The van der Waals surface area contributed by atoms with Gasteiger partial charge in [-0.05, 0) is 18.4 Å². The number of likely N-dealkylation sites (tertiary alicyclic amines) is 1. The van der Waals surface area contributed by atoms with E-state index < -0.39 is 29.1 Å². The molecule has 1 spiro atoms. The molecule has 1 saturated heterocycles. The number of imide groups is 1. The number of amides is 2. The standard InChI is InChI=1S/C18H17N3O2/c19-10-14-16(22)21(12-13-6-2-1-3-7-13)17(23)15(11-20)18(14)8-4-5-9-18/h1-3,6-7,14-15H,4-5,8-9,12H2. The summed E-state index contributed by atoms with van der Waals surface area (Å²) in [5.41, 5.74) is 0.0233. The Hall–Kier alpha value is -2.66. The van der Waals surface area contributed by atoms with E-state index in [1.54, 1.807) is 0 Å². The van der Waals surface area contributed by atoms with Crippen LogP contribution in [0, 0.1) is 39.9 Å². The van der Waals surface area contributed by atoms with Crippen LogP contribution in [-0.4, -0.2) is 16.7 Å². The maximum absolute atomic E-state index is 12.8. The minimum Gasteiger partial charge on any atom is -0.276 e. The van der Waals surface area contributed by atoms with E-state index in [0.29, 0.717) is 12.8 Å². The highest BCUT2D eigenvalue weighted by Crippen LogP contribution is 2.53. The van der Waals surface area contributed by atoms with Crippen LogP contribution >= 0.6 is 0 Å². The Labute approximate surface area is 135 Å². The number of piperidine rings is 1. The summed E-state index contributed by atoms with van der Waals surface area (Å²) < 4.78 is 0. The second-order valence-electron chi connectivity index (χ2n) is 6.31. The Morgan fingerprint density at radius 1 is 1.00 bits per heavy atom. The fraction of sp³-hybridized carbons (Fsp3) is 0.444. The van der Waals surface area contributed by atoms with Crippen LogP contribution in [0.5, 0.6) is 0 Å². The highest BCUT2D eigenvalue weighted by atomic mass is 16.2. The van der Waals surface area contributed by atoms with Gasteiger partial charge in [-0.1, -0.05) is 43.2 Å². The SMILES string of the molecule is N#CC1C(=O)N(Cc2ccccc2)C(=O)C(C#N)C12CCCC2. The average Bonchev–Trinajstić information content (AvgIpc) is 3.03. The largest absolute Gasteiger partial charge is 0.276 e. The number of benzene rings is 1. The molecule has 1 aromatic rings. The molecule has 1 saturated carbocycles. The van der Waals surface area contributed by atoms with Crippen molar-refractivity contribution in [1.29, 1.82) is 10.5 Å². The van der Waals surface area contributed by atoms with Crippen LogP contribution < -0.4 is 0 Å². The second kappa shape index (κ2) is 5.85. The van der Waals surface area contributed by atoms with Gasteiger partial charge in [0.1, 0.15) is 11.8 Å². The van der Waals surface area contributed by atoms with Crippen molar-refractivity contribution in [3.8, 4) is 12.1 Å². The number of rotatable bonds is 2. The first kappa shape index (κ1) is 15.2. The molecule has 1 aromatic carbocycles. The third-order valence-corrected chi connectivity index (χ3v) is 5.15. The second-order valence-corrected chi connectivity index (χ2v) is 6.31. The van der Waals surface area contributed by atoms with E-state index in [-0.39, 0.29) is 6.54 Å². The molecule has 1 aliphatic carbocycles. The number of carbonyl (C=O) groups excluding carboxylic acids is 2. The number of nitriles is 2. The van der Waals surface area contributed by atoms with Crippen molar-refractivity contribution in [2.24, 2.45) is 17.3 Å². The molecular weight excluding hydrogens is 290 g/mol. The van der Waals surface area contributed by atoms with Crippen molar-refractivity contribution >= 4 is 11.8 Å². The Bertz CT molecular complexity index is 672. The zero-order valence-corrected chi connectivity index (χ0v) is 12.7. The van der Waals surface area contributed by atoms with Gasteiger partial charge in [0.15, 0.2) is 0 Å². The normalized spacial score (nSPS) is 26.1. The molecule has 2 aliphatic rings. The Balaban J connectivity index is 1.98. The molecule has 0 N–H and O–H groups in total. The summed E-state index contributed by atoms with van der Waals surface area (Å²) >= 11 is 0. The van der Waals surface area contributed by atoms with Crippen LogP contribution in [0.25, 0.3) is 0 Å². The first-order chi connectivity index (χ1) is 11.1. The van der Waals surface area contributed by atoms with Gasteiger partial charge in [0, 0.05) is 5.41 Å². The highest BCUT2D eigenvalue weighted by Gasteiger charge is 2.59. The van der Waals surface area contributed by atoms with Crippen molar-refractivity contribution in [2.75, 3.05) is 0 Å². The lowest BCUT2D eigenvalue weighted by atomic mass is 9.62. The monoisotopic (exact) mass is 307 g/mol. The van der Waals surface area contributed by atoms with Gasteiger partial charge in [0.25, 0.3) is 0 Å². The first-order valence-corrected chi connectivity index (χ1v) is 7.82. The average molecular weight is 307 g/mol. The molecule has 0 aromatic heterocycles. The zero-order chi connectivity index (χ0) is 16.4. The number of hydrogen-bond donors (Lipinski definition) is 0. The topological polar surface area (TPSA) is 85.0 Å². The van der Waals surface area contributed by atoms with Crippen LogP contribution in [0.1, 0.15) is 31.2 Å². The highest BCUT2D eigenvalue weighted by molar-refractivity contribution is 6.03. The van der Waals surface area contributed by atoms with Crippen LogP contribution in [0.15, 0.2) is 30.3 Å². The molecule has 23 heavy (non-hydrogen) atoms. The van der Waals surface area contributed by atoms with Gasteiger partial charge < -0.3 is 0 Å². The predicted octanol–water partition coefficient (Wildman–Crippen LogP) is 2.40. The minimum absolute atomic E-state index is 0.116. The molecular formula is C18H17N3O2. The molecule has 0 bridgehead atoms. The fourth-order valence-corrected chi connectivity index (χ4v) is 3.98. The van der Waals surface area contributed by atoms with Crippen LogP contribution in [0.4, 0.5) is 0 Å². The van der Waals surface area contributed by atoms with E-state index in [1.807, 2.05) is 30.3 Å². The van der Waals surface area contributed by atoms with Crippen molar-refractivity contribution in [3.05, 3.63) is 35.9 Å². The fourth-order valence-electron chi connectivity index (χ4n) is 3.98. The number of nitrogens with zero attached hydrogens (tertiary/aromatic N) is 3. The molecule has 2 amide bonds. The maximum Gasteiger partial charge on any atom is 0.247 e. The molecule has 2 unspecified atom stereocenters. The van der Waals surface area contributed by atoms with Crippen molar-refractivity contribution in [3.63, 3.8) is 0 Å². The van der Waals surface area contributed by atoms with E-state index in [9.17, 15) is 20.1 Å². The van der Waals surface area contributed by atoms with Gasteiger partial charge in [-0.3, -0.25) is 14.5 Å². The maximum atomic E-state index is 12.8. The summed E-state index contributed by atoms with van der Waals surface area (Å²) in [7, 11) is 0. The van der Waals surface area contributed by atoms with E-state index in [1.165, 1.54) is 0 Å². The van der Waals surface area contributed by atoms with Gasteiger partial charge in [-0.25, -0.2) is 0 Å². The van der Waals surface area contributed by atoms with Gasteiger partial charge in [0.2, 0.25) is 11.8 Å². The van der Waals surface area contributed by atoms with E-state index in [4.69, 9.17) is 0 Å². The van der Waals surface area contributed by atoms with Gasteiger partial charge in [-0.2, -0.15) is 10.5 Å². The van der Waals surface area contributed by atoms with E-state index in [2.05, 4.69) is 12.1 Å². The summed E-state index contributed by atoms with van der Waals surface area (Å²) in [6, 6.07) is 13.3. The van der Waals surface area contributed by atoms with Gasteiger partial charge in [-0.15, -0.1) is 0 Å². The molecule has 5 nitrogen and oxygen atoms in total. The Morgan fingerprint density at radius 2 is 1.52 bits per heavy atom. The molecule has 116 valence electrons. The van der Waals surface area contributed by atoms with Crippen LogP contribution in [-0.2, 0) is 16.1 Å². The first-order valence-electron chi connectivity index (χ1n) is 7.82. The lowest BCUT2D eigenvalue weighted by molar-refractivity contribution is -0.162. The summed E-state index contributed by atoms with van der Waals surface area (Å²) in [4.78, 5) is 26.6. The number of carbonyl (C=O) groups is 2. The van der Waals surface area contributed by atoms with Crippen molar-refractivity contribution in [2.45, 2.75) is 32.2 Å². The molecule has 0 radical (unpaired) electrons. The third-order valence-electron chi connectivity index (χ3n) is 5.15. The number of hydrogen-bond acceptors (Lipinski definition) is 4. The third kappa shape index (κ3) is 2.29. The molecule has 2 atom stereocenters. The van der Waals surface area contributed by atoms with Gasteiger partial charge >= 0.3 is 0 Å². The summed E-state index contributed by atoms with van der Waals surface area (Å²) in [6.45, 7) is 0.116. The smallest absolute Gasteiger partial charge is 0.247 e. The Morgan fingerprint density at radius 3 is 2.00 bits per heavy atom. The Kier molecular flexibility index (Phi) is 3.88.